The summed E-state index contributed by atoms with van der Waals surface area (Å²) < 4.78 is 40.6. The molecule has 1 saturated heterocycles. The van der Waals surface area contributed by atoms with Crippen molar-refractivity contribution in [3.8, 4) is 5.75 Å². The zero-order chi connectivity index (χ0) is 12.6. The van der Waals surface area contributed by atoms with E-state index in [1.807, 2.05) is 0 Å². The molecule has 1 aromatic carbocycles. The molecule has 0 radical (unpaired) electrons. The number of hydrogen-bond donors (Lipinski definition) is 1. The summed E-state index contributed by atoms with van der Waals surface area (Å²) in [5.41, 5.74) is 0. The molecule has 2 atom stereocenters. The van der Waals surface area contributed by atoms with Crippen molar-refractivity contribution in [3.63, 3.8) is 0 Å². The van der Waals surface area contributed by atoms with Crippen LogP contribution in [0.15, 0.2) is 18.2 Å². The number of benzene rings is 1. The van der Waals surface area contributed by atoms with Crippen molar-refractivity contribution in [2.24, 2.45) is 0 Å². The molecular weight excluding hydrogens is 271 g/mol. The maximum absolute atomic E-state index is 12.8. The maximum Gasteiger partial charge on any atom is 0.156 e. The van der Waals surface area contributed by atoms with E-state index in [-0.39, 0.29) is 22.3 Å². The van der Waals surface area contributed by atoms with Gasteiger partial charge in [-0.3, -0.25) is 0 Å². The predicted octanol–water partition coefficient (Wildman–Crippen LogP) is 1.02. The standard InChI is InChI=1S/C10H10ClFO4S/c11-7-3-6(12)1-2-9(7)16-10-5-17(14,15)4-8(10)13/h1-3,8,10,13H,4-5H2. The lowest BCUT2D eigenvalue weighted by atomic mass is 10.2. The number of sulfone groups is 1. The summed E-state index contributed by atoms with van der Waals surface area (Å²) in [7, 11) is -3.28. The highest BCUT2D eigenvalue weighted by molar-refractivity contribution is 7.91. The highest BCUT2D eigenvalue weighted by Crippen LogP contribution is 2.28. The Kier molecular flexibility index (Phi) is 3.29. The molecule has 0 saturated carbocycles. The Balaban J connectivity index is 2.17. The first-order valence-electron chi connectivity index (χ1n) is 4.87. The Morgan fingerprint density at radius 1 is 1.41 bits per heavy atom. The van der Waals surface area contributed by atoms with Gasteiger partial charge in [0.05, 0.1) is 16.5 Å². The van der Waals surface area contributed by atoms with Crippen molar-refractivity contribution in [2.75, 3.05) is 11.5 Å². The molecule has 2 unspecified atom stereocenters. The molecule has 1 aromatic rings. The van der Waals surface area contributed by atoms with E-state index in [0.717, 1.165) is 12.1 Å². The molecule has 0 aliphatic carbocycles. The van der Waals surface area contributed by atoms with Crippen molar-refractivity contribution in [1.82, 2.24) is 0 Å². The van der Waals surface area contributed by atoms with E-state index in [1.165, 1.54) is 6.07 Å². The van der Waals surface area contributed by atoms with E-state index in [4.69, 9.17) is 16.3 Å². The largest absolute Gasteiger partial charge is 0.485 e. The lowest BCUT2D eigenvalue weighted by Gasteiger charge is -2.16. The Hall–Kier alpha value is -0.850. The summed E-state index contributed by atoms with van der Waals surface area (Å²) >= 11 is 5.73. The number of halogens is 2. The van der Waals surface area contributed by atoms with E-state index in [9.17, 15) is 17.9 Å². The number of hydrogen-bond acceptors (Lipinski definition) is 4. The van der Waals surface area contributed by atoms with Gasteiger partial charge >= 0.3 is 0 Å². The second kappa shape index (κ2) is 4.44. The zero-order valence-electron chi connectivity index (χ0n) is 8.64. The van der Waals surface area contributed by atoms with E-state index >= 15 is 0 Å². The van der Waals surface area contributed by atoms with Gasteiger partial charge in [0.1, 0.15) is 23.8 Å². The van der Waals surface area contributed by atoms with Crippen molar-refractivity contribution >= 4 is 21.4 Å². The van der Waals surface area contributed by atoms with Crippen LogP contribution in [0, 0.1) is 5.82 Å². The van der Waals surface area contributed by atoms with Gasteiger partial charge in [0, 0.05) is 0 Å². The second-order valence-corrected chi connectivity index (χ2v) is 6.44. The first-order chi connectivity index (χ1) is 7.87. The van der Waals surface area contributed by atoms with Crippen LogP contribution < -0.4 is 4.74 Å². The van der Waals surface area contributed by atoms with E-state index in [0.29, 0.717) is 0 Å². The maximum atomic E-state index is 12.8. The highest BCUT2D eigenvalue weighted by Gasteiger charge is 2.38. The Labute approximate surface area is 103 Å². The smallest absolute Gasteiger partial charge is 0.156 e. The van der Waals surface area contributed by atoms with Gasteiger partial charge < -0.3 is 9.84 Å². The lowest BCUT2D eigenvalue weighted by Crippen LogP contribution is -2.29. The third-order valence-corrected chi connectivity index (χ3v) is 4.43. The Morgan fingerprint density at radius 2 is 2.12 bits per heavy atom. The van der Waals surface area contributed by atoms with E-state index < -0.39 is 27.9 Å². The summed E-state index contributed by atoms with van der Waals surface area (Å²) in [6, 6.07) is 3.51. The topological polar surface area (TPSA) is 63.6 Å². The van der Waals surface area contributed by atoms with Gasteiger partial charge in [-0.25, -0.2) is 12.8 Å². The first kappa shape index (κ1) is 12.6. The molecule has 0 spiro atoms. The molecule has 1 aliphatic rings. The molecule has 4 nitrogen and oxygen atoms in total. The summed E-state index contributed by atoms with van der Waals surface area (Å²) in [5, 5.41) is 9.55. The van der Waals surface area contributed by atoms with Crippen LogP contribution in [0.4, 0.5) is 4.39 Å². The van der Waals surface area contributed by atoms with Gasteiger partial charge in [0.2, 0.25) is 0 Å². The van der Waals surface area contributed by atoms with Crippen molar-refractivity contribution in [3.05, 3.63) is 29.0 Å². The van der Waals surface area contributed by atoms with Crippen LogP contribution in [0.25, 0.3) is 0 Å². The lowest BCUT2D eigenvalue weighted by molar-refractivity contribution is 0.0738. The van der Waals surface area contributed by atoms with Gasteiger partial charge in [0.25, 0.3) is 0 Å². The Bertz CT molecular complexity index is 531. The van der Waals surface area contributed by atoms with Crippen LogP contribution in [0.3, 0.4) is 0 Å². The van der Waals surface area contributed by atoms with Crippen LogP contribution in [0.2, 0.25) is 5.02 Å². The summed E-state index contributed by atoms with van der Waals surface area (Å²) in [6.45, 7) is 0. The molecule has 17 heavy (non-hydrogen) atoms. The number of aliphatic hydroxyl groups excluding tert-OH is 1. The highest BCUT2D eigenvalue weighted by atomic mass is 35.5. The molecular formula is C10H10ClFO4S. The molecule has 94 valence electrons. The molecule has 1 fully saturated rings. The third-order valence-electron chi connectivity index (χ3n) is 2.44. The van der Waals surface area contributed by atoms with Gasteiger partial charge in [-0.15, -0.1) is 0 Å². The molecule has 0 bridgehead atoms. The quantitative estimate of drug-likeness (QED) is 0.878. The van der Waals surface area contributed by atoms with Crippen LogP contribution >= 0.6 is 11.6 Å². The monoisotopic (exact) mass is 280 g/mol. The average Bonchev–Trinajstić information content (AvgIpc) is 2.44. The fourth-order valence-corrected chi connectivity index (χ4v) is 3.52. The SMILES string of the molecule is O=S1(=O)CC(O)C(Oc2ccc(F)cc2Cl)C1. The van der Waals surface area contributed by atoms with Gasteiger partial charge in [-0.05, 0) is 18.2 Å². The minimum Gasteiger partial charge on any atom is -0.485 e. The summed E-state index contributed by atoms with van der Waals surface area (Å²) in [5.74, 6) is -0.936. The average molecular weight is 281 g/mol. The fraction of sp³-hybridized carbons (Fsp3) is 0.400. The van der Waals surface area contributed by atoms with Crippen molar-refractivity contribution in [1.29, 1.82) is 0 Å². The third kappa shape index (κ3) is 2.88. The van der Waals surface area contributed by atoms with Crippen LogP contribution in [0.5, 0.6) is 5.75 Å². The van der Waals surface area contributed by atoms with Crippen molar-refractivity contribution in [2.45, 2.75) is 12.2 Å². The molecule has 0 aromatic heterocycles. The molecule has 1 aliphatic heterocycles. The van der Waals surface area contributed by atoms with Gasteiger partial charge in [0.15, 0.2) is 9.84 Å². The minimum absolute atomic E-state index is 0.0431. The van der Waals surface area contributed by atoms with Gasteiger partial charge in [-0.1, -0.05) is 11.6 Å². The molecule has 7 heteroatoms. The second-order valence-electron chi connectivity index (χ2n) is 3.88. The van der Waals surface area contributed by atoms with Gasteiger partial charge in [-0.2, -0.15) is 0 Å². The minimum atomic E-state index is -3.28. The summed E-state index contributed by atoms with van der Waals surface area (Å²) in [6.07, 6.45) is -1.94. The number of aliphatic hydroxyl groups is 1. The van der Waals surface area contributed by atoms with E-state index in [2.05, 4.69) is 0 Å². The van der Waals surface area contributed by atoms with E-state index in [1.54, 1.807) is 0 Å². The van der Waals surface area contributed by atoms with Crippen LogP contribution in [0.1, 0.15) is 0 Å². The summed E-state index contributed by atoms with van der Waals surface area (Å²) in [4.78, 5) is 0. The normalized spacial score (nSPS) is 27.0. The number of rotatable bonds is 2. The van der Waals surface area contributed by atoms with Crippen LogP contribution in [-0.2, 0) is 9.84 Å². The molecule has 0 amide bonds. The Morgan fingerprint density at radius 3 is 2.65 bits per heavy atom. The molecule has 2 rings (SSSR count). The molecule has 1 N–H and O–H groups in total. The van der Waals surface area contributed by atoms with Crippen molar-refractivity contribution < 1.29 is 22.7 Å². The first-order valence-corrected chi connectivity index (χ1v) is 7.07. The number of ether oxygens (including phenoxy) is 1. The van der Waals surface area contributed by atoms with Crippen LogP contribution in [-0.4, -0.2) is 37.2 Å². The molecule has 1 heterocycles. The fourth-order valence-electron chi connectivity index (χ4n) is 1.64. The predicted molar refractivity (Wildman–Crippen MR) is 60.5 cm³/mol. The zero-order valence-corrected chi connectivity index (χ0v) is 10.2.